The smallest absolute Gasteiger partial charge is 0.361 e. The molecule has 0 heterocycles. The fourth-order valence-electron chi connectivity index (χ4n) is 5.24. The first-order chi connectivity index (χ1) is 29.6. The van der Waals surface area contributed by atoms with Crippen molar-refractivity contribution in [1.82, 2.24) is 0 Å². The molecule has 9 nitrogen and oxygen atoms in total. The van der Waals surface area contributed by atoms with Gasteiger partial charge in [0.15, 0.2) is 6.10 Å². The number of likely N-dealkylation sites (N-methyl/N-ethyl adjacent to an activating group) is 1. The summed E-state index contributed by atoms with van der Waals surface area (Å²) in [6.45, 7) is 4.50. The average molecular weight is 849 g/mol. The van der Waals surface area contributed by atoms with Gasteiger partial charge in [-0.1, -0.05) is 135 Å². The molecular weight excluding hydrogens is 767 g/mol. The van der Waals surface area contributed by atoms with Gasteiger partial charge in [0.05, 0.1) is 34.4 Å². The van der Waals surface area contributed by atoms with E-state index >= 15 is 0 Å². The summed E-state index contributed by atoms with van der Waals surface area (Å²) < 4.78 is 22.6. The van der Waals surface area contributed by atoms with Crippen LogP contribution in [0, 0.1) is 0 Å². The van der Waals surface area contributed by atoms with Crippen molar-refractivity contribution >= 4 is 17.9 Å². The summed E-state index contributed by atoms with van der Waals surface area (Å²) in [7, 11) is 5.91. The Morgan fingerprint density at radius 3 is 1.25 bits per heavy atom. The second-order valence-corrected chi connectivity index (χ2v) is 15.6. The van der Waals surface area contributed by atoms with Gasteiger partial charge in [-0.15, -0.1) is 0 Å². The number of esters is 2. The number of nitrogens with zero attached hydrogens (tertiary/aromatic N) is 1. The Balaban J connectivity index is 4.61. The van der Waals surface area contributed by atoms with Crippen molar-refractivity contribution in [1.29, 1.82) is 0 Å². The first-order valence-corrected chi connectivity index (χ1v) is 22.7. The van der Waals surface area contributed by atoms with E-state index in [1.54, 1.807) is 0 Å². The van der Waals surface area contributed by atoms with E-state index in [9.17, 15) is 19.5 Å². The Labute approximate surface area is 370 Å². The van der Waals surface area contributed by atoms with Crippen LogP contribution in [0.4, 0.5) is 0 Å². The highest BCUT2D eigenvalue weighted by molar-refractivity contribution is 5.71. The van der Waals surface area contributed by atoms with Crippen LogP contribution in [-0.2, 0) is 33.3 Å². The number of unbranched alkanes of at least 4 members (excludes halogenated alkanes) is 4. The molecule has 0 aromatic carbocycles. The molecule has 2 atom stereocenters. The Morgan fingerprint density at radius 2 is 0.869 bits per heavy atom. The summed E-state index contributed by atoms with van der Waals surface area (Å²) in [5.74, 6) is -2.15. The highest BCUT2D eigenvalue weighted by atomic mass is 16.7. The van der Waals surface area contributed by atoms with Crippen LogP contribution in [0.25, 0.3) is 0 Å². The lowest BCUT2D eigenvalue weighted by Gasteiger charge is -2.25. The highest BCUT2D eigenvalue weighted by Gasteiger charge is 2.25. The summed E-state index contributed by atoms with van der Waals surface area (Å²) in [6.07, 6.45) is 55.5. The zero-order chi connectivity index (χ0) is 44.9. The molecule has 0 aliphatic carbocycles. The van der Waals surface area contributed by atoms with Crippen molar-refractivity contribution in [2.24, 2.45) is 0 Å². The molecule has 342 valence electrons. The van der Waals surface area contributed by atoms with Crippen molar-refractivity contribution in [2.75, 3.05) is 47.5 Å². The molecule has 0 aromatic heterocycles. The summed E-state index contributed by atoms with van der Waals surface area (Å²) in [5.41, 5.74) is 0. The van der Waals surface area contributed by atoms with E-state index in [2.05, 4.69) is 135 Å². The van der Waals surface area contributed by atoms with E-state index in [-0.39, 0.29) is 32.7 Å². The molecule has 0 bridgehead atoms. The number of carbonyl (C=O) groups is 3. The van der Waals surface area contributed by atoms with E-state index < -0.39 is 30.3 Å². The number of allylic oxidation sites excluding steroid dienone is 20. The van der Waals surface area contributed by atoms with Crippen LogP contribution in [-0.4, -0.2) is 87.4 Å². The molecule has 0 rings (SSSR count). The van der Waals surface area contributed by atoms with Gasteiger partial charge < -0.3 is 28.5 Å². The first kappa shape index (κ1) is 56.7. The largest absolute Gasteiger partial charge is 0.477 e. The molecule has 0 saturated carbocycles. The lowest BCUT2D eigenvalue weighted by Crippen LogP contribution is -2.40. The zero-order valence-corrected chi connectivity index (χ0v) is 38.5. The molecule has 1 N–H and O–H groups in total. The third-order valence-electron chi connectivity index (χ3n) is 8.71. The topological polar surface area (TPSA) is 108 Å². The molecule has 0 amide bonds. The van der Waals surface area contributed by atoms with Crippen LogP contribution in [0.15, 0.2) is 122 Å². The van der Waals surface area contributed by atoms with Crippen molar-refractivity contribution in [3.63, 3.8) is 0 Å². The summed E-state index contributed by atoms with van der Waals surface area (Å²) >= 11 is 0. The van der Waals surface area contributed by atoms with Crippen molar-refractivity contribution in [3.8, 4) is 0 Å². The normalized spacial score (nSPS) is 14.0. The van der Waals surface area contributed by atoms with E-state index in [1.807, 2.05) is 21.1 Å². The second-order valence-electron chi connectivity index (χ2n) is 15.6. The second kappa shape index (κ2) is 42.4. The predicted molar refractivity (Wildman–Crippen MR) is 253 cm³/mol. The quantitative estimate of drug-likeness (QED) is 0.0214. The van der Waals surface area contributed by atoms with Gasteiger partial charge in [0.25, 0.3) is 6.29 Å². The van der Waals surface area contributed by atoms with Gasteiger partial charge in [-0.3, -0.25) is 9.59 Å². The zero-order valence-electron chi connectivity index (χ0n) is 38.5. The van der Waals surface area contributed by atoms with Gasteiger partial charge >= 0.3 is 17.9 Å². The van der Waals surface area contributed by atoms with Crippen LogP contribution in [0.2, 0.25) is 0 Å². The van der Waals surface area contributed by atoms with Crippen LogP contribution < -0.4 is 0 Å². The molecule has 0 aromatic rings. The van der Waals surface area contributed by atoms with Crippen molar-refractivity contribution < 1.29 is 42.9 Å². The molecule has 61 heavy (non-hydrogen) atoms. The molecule has 0 fully saturated rings. The van der Waals surface area contributed by atoms with Gasteiger partial charge in [-0.2, -0.15) is 0 Å². The van der Waals surface area contributed by atoms with Gasteiger partial charge in [-0.25, -0.2) is 4.79 Å². The summed E-state index contributed by atoms with van der Waals surface area (Å²) in [5, 5.41) is 9.64. The van der Waals surface area contributed by atoms with Gasteiger partial charge in [0, 0.05) is 12.8 Å². The lowest BCUT2D eigenvalue weighted by molar-refractivity contribution is -0.870. The maximum absolute atomic E-state index is 12.8. The molecule has 0 aliphatic rings. The molecule has 2 unspecified atom stereocenters. The van der Waals surface area contributed by atoms with E-state index in [0.29, 0.717) is 23.9 Å². The summed E-state index contributed by atoms with van der Waals surface area (Å²) in [6, 6.07) is 0. The van der Waals surface area contributed by atoms with Gasteiger partial charge in [0.1, 0.15) is 13.2 Å². The fourth-order valence-corrected chi connectivity index (χ4v) is 5.24. The maximum Gasteiger partial charge on any atom is 0.361 e. The Bertz CT molecular complexity index is 1410. The molecule has 0 radical (unpaired) electrons. The number of aliphatic carboxylic acids is 1. The number of hydrogen-bond acceptors (Lipinski definition) is 7. The third kappa shape index (κ3) is 43.6. The standard InChI is InChI=1S/C52H81NO8/c1-6-8-10-12-14-16-18-20-22-23-24-25-26-27-29-31-33-35-37-39-41-43-50(55)61-48(47-60-52(51(56)57)58-45-44-53(3,4)5)46-59-49(54)42-40-38-36-34-32-30-28-21-19-17-15-13-11-9-7-2/h8-11,14-17,20-22,24-25,27-29,32-35,48,52H,6-7,12-13,18-19,23,26,30-31,36-47H2,1-5H3/p+1/b10-8-,11-9-,16-14-,17-15-,22-20-,25-24-,28-21-,29-27-,34-32-,35-33-. The minimum absolute atomic E-state index is 0.164. The van der Waals surface area contributed by atoms with Gasteiger partial charge in [0.2, 0.25) is 0 Å². The number of carboxylic acid groups (broad SMARTS) is 1. The Kier molecular flexibility index (Phi) is 39.4. The average Bonchev–Trinajstić information content (AvgIpc) is 3.22. The van der Waals surface area contributed by atoms with Crippen molar-refractivity contribution in [3.05, 3.63) is 122 Å². The minimum atomic E-state index is -1.54. The number of quaternary nitrogens is 1. The van der Waals surface area contributed by atoms with E-state index in [0.717, 1.165) is 89.9 Å². The molecule has 0 aliphatic heterocycles. The molecule has 0 spiro atoms. The van der Waals surface area contributed by atoms with E-state index in [4.69, 9.17) is 18.9 Å². The molecule has 0 saturated heterocycles. The number of hydrogen-bond donors (Lipinski definition) is 1. The molecular formula is C52H82NO8+. The predicted octanol–water partition coefficient (Wildman–Crippen LogP) is 12.2. The Morgan fingerprint density at radius 1 is 0.492 bits per heavy atom. The highest BCUT2D eigenvalue weighted by Crippen LogP contribution is 2.10. The minimum Gasteiger partial charge on any atom is -0.477 e. The monoisotopic (exact) mass is 849 g/mol. The number of carbonyl (C=O) groups excluding carboxylic acids is 2. The Hall–Kier alpha value is -4.31. The van der Waals surface area contributed by atoms with E-state index in [1.165, 1.54) is 0 Å². The van der Waals surface area contributed by atoms with Crippen LogP contribution >= 0.6 is 0 Å². The SMILES string of the molecule is CC/C=C\C/C=C\C/C=C\C/C=C\C/C=C\C/C=C\CCCCC(=O)OC(COC(=O)CCCC/C=C\C/C=C\C/C=C\C/C=C\CC)COC(OCC[N+](C)(C)C)C(=O)O. The fraction of sp³-hybridized carbons (Fsp3) is 0.558. The van der Waals surface area contributed by atoms with Gasteiger partial charge in [-0.05, 0) is 103 Å². The molecule has 9 heteroatoms. The third-order valence-corrected chi connectivity index (χ3v) is 8.71. The van der Waals surface area contributed by atoms with Crippen LogP contribution in [0.3, 0.4) is 0 Å². The number of ether oxygens (including phenoxy) is 4. The summed E-state index contributed by atoms with van der Waals surface area (Å²) in [4.78, 5) is 37.1. The van der Waals surface area contributed by atoms with Crippen LogP contribution in [0.1, 0.15) is 129 Å². The number of carboxylic acids is 1. The maximum atomic E-state index is 12.8. The number of rotatable bonds is 39. The first-order valence-electron chi connectivity index (χ1n) is 22.7. The lowest BCUT2D eigenvalue weighted by atomic mass is 10.1. The van der Waals surface area contributed by atoms with Crippen LogP contribution in [0.5, 0.6) is 0 Å². The van der Waals surface area contributed by atoms with Crippen molar-refractivity contribution in [2.45, 2.75) is 142 Å².